The van der Waals surface area contributed by atoms with E-state index in [1.54, 1.807) is 11.3 Å². The number of thiophene rings is 1. The van der Waals surface area contributed by atoms with Gasteiger partial charge in [-0.1, -0.05) is 6.07 Å². The van der Waals surface area contributed by atoms with Crippen LogP contribution in [0.2, 0.25) is 0 Å². The van der Waals surface area contributed by atoms with Crippen molar-refractivity contribution in [1.82, 2.24) is 0 Å². The summed E-state index contributed by atoms with van der Waals surface area (Å²) in [6.07, 6.45) is 0. The normalized spacial score (nSPS) is 10.7. The van der Waals surface area contributed by atoms with Crippen LogP contribution in [0.5, 0.6) is 5.75 Å². The van der Waals surface area contributed by atoms with E-state index in [1.165, 1.54) is 5.56 Å². The van der Waals surface area contributed by atoms with Gasteiger partial charge in [-0.2, -0.15) is 0 Å². The first-order valence-electron chi connectivity index (χ1n) is 6.69. The summed E-state index contributed by atoms with van der Waals surface area (Å²) >= 11 is 1.65. The van der Waals surface area contributed by atoms with E-state index in [4.69, 9.17) is 4.74 Å². The molecule has 0 aliphatic heterocycles. The Morgan fingerprint density at radius 3 is 2.40 bits per heavy atom. The third-order valence-electron chi connectivity index (χ3n) is 3.46. The minimum atomic E-state index is 0.0467. The molecule has 0 bridgehead atoms. The van der Waals surface area contributed by atoms with Crippen molar-refractivity contribution in [2.45, 2.75) is 34.6 Å². The van der Waals surface area contributed by atoms with Crippen molar-refractivity contribution in [2.24, 2.45) is 0 Å². The second-order valence-corrected chi connectivity index (χ2v) is 6.70. The van der Waals surface area contributed by atoms with Crippen LogP contribution < -0.4 is 4.74 Å². The number of rotatable bonds is 4. The molecule has 0 saturated heterocycles. The van der Waals surface area contributed by atoms with E-state index in [9.17, 15) is 4.79 Å². The molecule has 0 N–H and O–H groups in total. The van der Waals surface area contributed by atoms with Gasteiger partial charge in [0.05, 0.1) is 0 Å². The SMILES string of the molecule is Cc1cc(C)c(C)c(OCC(=O)c2cc(C)sc2C)c1. The quantitative estimate of drug-likeness (QED) is 0.771. The highest BCUT2D eigenvalue weighted by molar-refractivity contribution is 7.12. The van der Waals surface area contributed by atoms with Crippen LogP contribution in [-0.4, -0.2) is 12.4 Å². The van der Waals surface area contributed by atoms with E-state index in [0.29, 0.717) is 0 Å². The minimum Gasteiger partial charge on any atom is -0.485 e. The van der Waals surface area contributed by atoms with E-state index in [-0.39, 0.29) is 12.4 Å². The van der Waals surface area contributed by atoms with Crippen molar-refractivity contribution in [2.75, 3.05) is 6.61 Å². The Morgan fingerprint density at radius 1 is 1.10 bits per heavy atom. The number of ether oxygens (including phenoxy) is 1. The molecule has 0 unspecified atom stereocenters. The van der Waals surface area contributed by atoms with Gasteiger partial charge < -0.3 is 4.74 Å². The summed E-state index contributed by atoms with van der Waals surface area (Å²) in [5.41, 5.74) is 4.23. The predicted molar refractivity (Wildman–Crippen MR) is 84.3 cm³/mol. The molecule has 2 rings (SSSR count). The molecular formula is C17H20O2S. The Labute approximate surface area is 124 Å². The van der Waals surface area contributed by atoms with Gasteiger partial charge in [0, 0.05) is 15.3 Å². The molecule has 106 valence electrons. The number of carbonyl (C=O) groups excluding carboxylic acids is 1. The molecular weight excluding hydrogens is 268 g/mol. The third kappa shape index (κ3) is 3.10. The molecule has 0 atom stereocenters. The van der Waals surface area contributed by atoms with Crippen LogP contribution in [0.3, 0.4) is 0 Å². The second kappa shape index (κ2) is 5.80. The van der Waals surface area contributed by atoms with E-state index in [2.05, 4.69) is 13.0 Å². The number of benzene rings is 1. The fourth-order valence-electron chi connectivity index (χ4n) is 2.28. The number of Topliss-reactive ketones (excluding diaryl/α,β-unsaturated/α-hetero) is 1. The van der Waals surface area contributed by atoms with Crippen molar-refractivity contribution >= 4 is 17.1 Å². The molecule has 1 heterocycles. The van der Waals surface area contributed by atoms with Gasteiger partial charge in [0.15, 0.2) is 6.61 Å². The molecule has 0 amide bonds. The summed E-state index contributed by atoms with van der Waals surface area (Å²) < 4.78 is 5.73. The first-order valence-corrected chi connectivity index (χ1v) is 7.51. The Hall–Kier alpha value is -1.61. The Bertz CT molecular complexity index is 653. The summed E-state index contributed by atoms with van der Waals surface area (Å²) in [7, 11) is 0. The largest absolute Gasteiger partial charge is 0.485 e. The smallest absolute Gasteiger partial charge is 0.201 e. The van der Waals surface area contributed by atoms with E-state index >= 15 is 0 Å². The maximum absolute atomic E-state index is 12.2. The van der Waals surface area contributed by atoms with Gasteiger partial charge in [-0.3, -0.25) is 4.79 Å². The van der Waals surface area contributed by atoms with Gasteiger partial charge in [-0.05, 0) is 63.4 Å². The molecule has 1 aromatic carbocycles. The summed E-state index contributed by atoms with van der Waals surface area (Å²) in [5, 5.41) is 0. The fraction of sp³-hybridized carbons (Fsp3) is 0.353. The summed E-state index contributed by atoms with van der Waals surface area (Å²) in [4.78, 5) is 14.4. The van der Waals surface area contributed by atoms with Crippen molar-refractivity contribution in [1.29, 1.82) is 0 Å². The van der Waals surface area contributed by atoms with Crippen molar-refractivity contribution in [3.05, 3.63) is 50.2 Å². The maximum Gasteiger partial charge on any atom is 0.201 e. The Morgan fingerprint density at radius 2 is 1.80 bits per heavy atom. The van der Waals surface area contributed by atoms with Crippen LogP contribution >= 0.6 is 11.3 Å². The predicted octanol–water partition coefficient (Wildman–Crippen LogP) is 4.55. The lowest BCUT2D eigenvalue weighted by Gasteiger charge is -2.11. The van der Waals surface area contributed by atoms with Crippen molar-refractivity contribution in [3.63, 3.8) is 0 Å². The monoisotopic (exact) mass is 288 g/mol. The van der Waals surface area contributed by atoms with Crippen LogP contribution in [0, 0.1) is 34.6 Å². The molecule has 0 spiro atoms. The van der Waals surface area contributed by atoms with E-state index in [0.717, 1.165) is 32.2 Å². The highest BCUT2D eigenvalue weighted by atomic mass is 32.1. The molecule has 0 aliphatic rings. The summed E-state index contributed by atoms with van der Waals surface area (Å²) in [6, 6.07) is 6.05. The van der Waals surface area contributed by atoms with Crippen LogP contribution in [0.15, 0.2) is 18.2 Å². The zero-order valence-electron chi connectivity index (χ0n) is 12.7. The van der Waals surface area contributed by atoms with Crippen LogP contribution in [0.4, 0.5) is 0 Å². The topological polar surface area (TPSA) is 26.3 Å². The number of hydrogen-bond acceptors (Lipinski definition) is 3. The van der Waals surface area contributed by atoms with E-state index in [1.807, 2.05) is 39.8 Å². The number of aryl methyl sites for hydroxylation is 4. The van der Waals surface area contributed by atoms with Crippen molar-refractivity contribution < 1.29 is 9.53 Å². The lowest BCUT2D eigenvalue weighted by molar-refractivity contribution is 0.0921. The first-order chi connectivity index (χ1) is 9.38. The maximum atomic E-state index is 12.2. The number of carbonyl (C=O) groups is 1. The van der Waals surface area contributed by atoms with Gasteiger partial charge in [-0.25, -0.2) is 0 Å². The summed E-state index contributed by atoms with van der Waals surface area (Å²) in [6.45, 7) is 10.2. The average molecular weight is 288 g/mol. The molecule has 0 aliphatic carbocycles. The van der Waals surface area contributed by atoms with Gasteiger partial charge in [0.2, 0.25) is 5.78 Å². The van der Waals surface area contributed by atoms with Gasteiger partial charge in [0.1, 0.15) is 5.75 Å². The molecule has 0 fully saturated rings. The third-order valence-corrected chi connectivity index (χ3v) is 4.43. The fourth-order valence-corrected chi connectivity index (χ4v) is 3.22. The lowest BCUT2D eigenvalue weighted by Crippen LogP contribution is -2.12. The zero-order valence-corrected chi connectivity index (χ0v) is 13.5. The molecule has 0 saturated carbocycles. The van der Waals surface area contributed by atoms with Gasteiger partial charge in [0.25, 0.3) is 0 Å². The molecule has 2 nitrogen and oxygen atoms in total. The first kappa shape index (κ1) is 14.8. The van der Waals surface area contributed by atoms with Crippen LogP contribution in [-0.2, 0) is 0 Å². The molecule has 1 aromatic heterocycles. The van der Waals surface area contributed by atoms with Gasteiger partial charge in [-0.15, -0.1) is 11.3 Å². The summed E-state index contributed by atoms with van der Waals surface area (Å²) in [5.74, 6) is 0.853. The standard InChI is InChI=1S/C17H20O2S/c1-10-6-11(2)13(4)17(7-10)19-9-16(18)15-8-12(3)20-14(15)5/h6-8H,9H2,1-5H3. The number of ketones is 1. The van der Waals surface area contributed by atoms with Crippen LogP contribution in [0.1, 0.15) is 36.8 Å². The molecule has 3 heteroatoms. The van der Waals surface area contributed by atoms with Crippen molar-refractivity contribution in [3.8, 4) is 5.75 Å². The Balaban J connectivity index is 2.13. The Kier molecular flexibility index (Phi) is 4.29. The molecule has 20 heavy (non-hydrogen) atoms. The lowest BCUT2D eigenvalue weighted by atomic mass is 10.1. The van der Waals surface area contributed by atoms with Crippen LogP contribution in [0.25, 0.3) is 0 Å². The second-order valence-electron chi connectivity index (χ2n) is 5.24. The molecule has 2 aromatic rings. The minimum absolute atomic E-state index is 0.0467. The number of hydrogen-bond donors (Lipinski definition) is 0. The highest BCUT2D eigenvalue weighted by Gasteiger charge is 2.13. The highest BCUT2D eigenvalue weighted by Crippen LogP contribution is 2.25. The zero-order chi connectivity index (χ0) is 14.9. The van der Waals surface area contributed by atoms with Gasteiger partial charge >= 0.3 is 0 Å². The average Bonchev–Trinajstić information content (AvgIpc) is 2.71. The van der Waals surface area contributed by atoms with E-state index < -0.39 is 0 Å². The molecule has 0 radical (unpaired) electrons.